The molecule has 2 aromatic carbocycles. The van der Waals surface area contributed by atoms with Crippen molar-refractivity contribution in [2.75, 3.05) is 13.2 Å². The summed E-state index contributed by atoms with van der Waals surface area (Å²) in [6, 6.07) is 20.2. The molecule has 0 bridgehead atoms. The summed E-state index contributed by atoms with van der Waals surface area (Å²) >= 11 is 11.8. The summed E-state index contributed by atoms with van der Waals surface area (Å²) in [5.41, 5.74) is 0. The molecule has 22 heavy (non-hydrogen) atoms. The minimum absolute atomic E-state index is 0.239. The van der Waals surface area contributed by atoms with Gasteiger partial charge >= 0.3 is 8.56 Å². The summed E-state index contributed by atoms with van der Waals surface area (Å²) in [4.78, 5) is -0.579. The number of rotatable bonds is 8. The van der Waals surface area contributed by atoms with E-state index in [4.69, 9.17) is 32.1 Å². The van der Waals surface area contributed by atoms with Crippen molar-refractivity contribution in [2.24, 2.45) is 0 Å². The van der Waals surface area contributed by atoms with Crippen LogP contribution >= 0.6 is 23.2 Å². The van der Waals surface area contributed by atoms with E-state index < -0.39 is 13.4 Å². The van der Waals surface area contributed by atoms with Crippen LogP contribution in [0.5, 0.6) is 0 Å². The molecule has 0 radical (unpaired) electrons. The first-order valence-electron chi connectivity index (χ1n) is 7.36. The molecule has 0 fully saturated rings. The molecule has 0 saturated carbocycles. The predicted octanol–water partition coefficient (Wildman–Crippen LogP) is 3.49. The third-order valence-electron chi connectivity index (χ3n) is 3.23. The Morgan fingerprint density at radius 3 is 1.77 bits per heavy atom. The van der Waals surface area contributed by atoms with Gasteiger partial charge in [0.1, 0.15) is 4.84 Å². The Balaban J connectivity index is 2.47. The van der Waals surface area contributed by atoms with Crippen LogP contribution in [0.25, 0.3) is 0 Å². The largest absolute Gasteiger partial charge is 0.407 e. The van der Waals surface area contributed by atoms with Gasteiger partial charge in [-0.25, -0.2) is 0 Å². The number of benzene rings is 2. The minimum atomic E-state index is -2.80. The highest BCUT2D eigenvalue weighted by atomic mass is 35.5. The van der Waals surface area contributed by atoms with E-state index in [0.29, 0.717) is 6.61 Å². The average Bonchev–Trinajstić information content (AvgIpc) is 2.57. The van der Waals surface area contributed by atoms with Crippen LogP contribution < -0.4 is 10.4 Å². The van der Waals surface area contributed by atoms with Gasteiger partial charge in [0, 0.05) is 6.61 Å². The maximum Gasteiger partial charge on any atom is 0.407 e. The fourth-order valence-corrected chi connectivity index (χ4v) is 5.86. The van der Waals surface area contributed by atoms with Gasteiger partial charge in [0.15, 0.2) is 0 Å². The molecule has 0 amide bonds. The number of hydrogen-bond donors (Lipinski definition) is 0. The van der Waals surface area contributed by atoms with Crippen LogP contribution in [0, 0.1) is 0 Å². The third-order valence-corrected chi connectivity index (χ3v) is 6.85. The summed E-state index contributed by atoms with van der Waals surface area (Å²) in [5.74, 6) is 0. The predicted molar refractivity (Wildman–Crippen MR) is 95.6 cm³/mol. The maximum atomic E-state index is 6.30. The van der Waals surface area contributed by atoms with Gasteiger partial charge in [-0.1, -0.05) is 67.6 Å². The van der Waals surface area contributed by atoms with Crippen LogP contribution in [0.3, 0.4) is 0 Å². The summed E-state index contributed by atoms with van der Waals surface area (Å²) in [6.45, 7) is 2.95. The van der Waals surface area contributed by atoms with Gasteiger partial charge in [-0.3, -0.25) is 0 Å². The molecule has 0 atom stereocenters. The Morgan fingerprint density at radius 1 is 0.864 bits per heavy atom. The molecule has 2 nitrogen and oxygen atoms in total. The molecule has 5 heteroatoms. The second-order valence-electron chi connectivity index (χ2n) is 4.90. The van der Waals surface area contributed by atoms with E-state index in [1.54, 1.807) is 0 Å². The fourth-order valence-electron chi connectivity index (χ4n) is 2.28. The van der Waals surface area contributed by atoms with Gasteiger partial charge in [-0.05, 0) is 16.8 Å². The van der Waals surface area contributed by atoms with E-state index >= 15 is 0 Å². The molecule has 0 spiro atoms. The van der Waals surface area contributed by atoms with E-state index in [0.717, 1.165) is 16.8 Å². The Kier molecular flexibility index (Phi) is 6.93. The summed E-state index contributed by atoms with van der Waals surface area (Å²) in [6.07, 6.45) is 0.920. The molecule has 118 valence electrons. The van der Waals surface area contributed by atoms with E-state index in [1.807, 2.05) is 60.7 Å². The van der Waals surface area contributed by atoms with Crippen molar-refractivity contribution >= 4 is 42.1 Å². The van der Waals surface area contributed by atoms with Gasteiger partial charge in [0.25, 0.3) is 0 Å². The molecule has 2 aromatic rings. The minimum Gasteiger partial charge on any atom is -0.388 e. The average molecular weight is 355 g/mol. The lowest BCUT2D eigenvalue weighted by atomic mass is 10.4. The normalized spacial score (nSPS) is 11.8. The standard InChI is InChI=1S/C17H20Cl2O2Si/c1-2-13-20-22(21-14-17(18)19,15-9-5-3-6-10-15)16-11-7-4-8-12-16/h3-12,17H,2,13-14H2,1H3. The van der Waals surface area contributed by atoms with Crippen LogP contribution in [0.15, 0.2) is 60.7 Å². The zero-order chi connectivity index (χ0) is 15.8. The first-order chi connectivity index (χ1) is 10.7. The lowest BCUT2D eigenvalue weighted by Gasteiger charge is -2.31. The summed E-state index contributed by atoms with van der Waals surface area (Å²) < 4.78 is 12.5. The molecule has 0 saturated heterocycles. The second-order valence-corrected chi connectivity index (χ2v) is 9.14. The van der Waals surface area contributed by atoms with Crippen molar-refractivity contribution in [3.8, 4) is 0 Å². The van der Waals surface area contributed by atoms with Crippen molar-refractivity contribution in [3.05, 3.63) is 60.7 Å². The fraction of sp³-hybridized carbons (Fsp3) is 0.294. The van der Waals surface area contributed by atoms with Gasteiger partial charge in [0.05, 0.1) is 6.61 Å². The Morgan fingerprint density at radius 2 is 1.36 bits per heavy atom. The molecule has 0 unspecified atom stereocenters. The quantitative estimate of drug-likeness (QED) is 0.533. The van der Waals surface area contributed by atoms with Crippen LogP contribution in [-0.4, -0.2) is 26.6 Å². The lowest BCUT2D eigenvalue weighted by Crippen LogP contribution is -2.63. The van der Waals surface area contributed by atoms with E-state index in [2.05, 4.69) is 6.92 Å². The molecular weight excluding hydrogens is 335 g/mol. The van der Waals surface area contributed by atoms with Crippen molar-refractivity contribution in [3.63, 3.8) is 0 Å². The Labute approximate surface area is 143 Å². The summed E-state index contributed by atoms with van der Waals surface area (Å²) in [7, 11) is -2.80. The number of halogens is 2. The first kappa shape index (κ1) is 17.5. The number of hydrogen-bond acceptors (Lipinski definition) is 2. The van der Waals surface area contributed by atoms with Gasteiger partial charge in [0.2, 0.25) is 0 Å². The molecule has 0 aliphatic heterocycles. The topological polar surface area (TPSA) is 18.5 Å². The SMILES string of the molecule is CCCO[Si](OCC(Cl)Cl)(c1ccccc1)c1ccccc1. The maximum absolute atomic E-state index is 6.30. The van der Waals surface area contributed by atoms with Crippen LogP contribution in [0.1, 0.15) is 13.3 Å². The van der Waals surface area contributed by atoms with Crippen molar-refractivity contribution < 1.29 is 8.85 Å². The highest BCUT2D eigenvalue weighted by Gasteiger charge is 2.42. The van der Waals surface area contributed by atoms with E-state index in [-0.39, 0.29) is 6.61 Å². The van der Waals surface area contributed by atoms with Gasteiger partial charge in [-0.15, -0.1) is 23.2 Å². The smallest absolute Gasteiger partial charge is 0.388 e. The van der Waals surface area contributed by atoms with Crippen LogP contribution in [-0.2, 0) is 8.85 Å². The molecule has 0 aromatic heterocycles. The first-order valence-corrected chi connectivity index (χ1v) is 10.0. The molecular formula is C17H20Cl2O2Si. The van der Waals surface area contributed by atoms with E-state index in [1.165, 1.54) is 0 Å². The monoisotopic (exact) mass is 354 g/mol. The zero-order valence-corrected chi connectivity index (χ0v) is 15.1. The zero-order valence-electron chi connectivity index (χ0n) is 12.5. The van der Waals surface area contributed by atoms with Crippen molar-refractivity contribution in [1.82, 2.24) is 0 Å². The van der Waals surface area contributed by atoms with Gasteiger partial charge < -0.3 is 8.85 Å². The molecule has 0 aliphatic rings. The van der Waals surface area contributed by atoms with Gasteiger partial charge in [-0.2, -0.15) is 0 Å². The molecule has 0 heterocycles. The number of alkyl halides is 2. The van der Waals surface area contributed by atoms with Crippen molar-refractivity contribution in [2.45, 2.75) is 18.2 Å². The Hall–Kier alpha value is -0.843. The molecule has 0 N–H and O–H groups in total. The summed E-state index contributed by atoms with van der Waals surface area (Å²) in [5, 5.41) is 2.12. The highest BCUT2D eigenvalue weighted by molar-refractivity contribution is 6.92. The molecule has 2 rings (SSSR count). The Bertz CT molecular complexity index is 510. The highest BCUT2D eigenvalue weighted by Crippen LogP contribution is 2.13. The van der Waals surface area contributed by atoms with Crippen molar-refractivity contribution in [1.29, 1.82) is 0 Å². The molecule has 0 aliphatic carbocycles. The van der Waals surface area contributed by atoms with E-state index in [9.17, 15) is 0 Å². The van der Waals surface area contributed by atoms with Crippen LogP contribution in [0.2, 0.25) is 0 Å². The second kappa shape index (κ2) is 8.70. The lowest BCUT2D eigenvalue weighted by molar-refractivity contribution is 0.198. The van der Waals surface area contributed by atoms with Crippen LogP contribution in [0.4, 0.5) is 0 Å². The third kappa shape index (κ3) is 4.34.